The average Bonchev–Trinajstić information content (AvgIpc) is 2.76. The molecule has 40 heavy (non-hydrogen) atoms. The highest BCUT2D eigenvalue weighted by Gasteiger charge is 2.44. The standard InChI is InChI=1S/C37H58O3/c1-24(28-14-17-35(38,21-25(28)2)32(5,6)7)20-31(29-15-18-36(39,22-26(29)3)33(8,9)10)30-16-19-37(40,23-27(30)4)34(11,12)13/h14-19,21-24,28-31,38-40H,20H2,1-13H3. The topological polar surface area (TPSA) is 60.7 Å². The van der Waals surface area contributed by atoms with E-state index in [1.807, 2.05) is 18.2 Å². The van der Waals surface area contributed by atoms with Gasteiger partial charge < -0.3 is 15.3 Å². The van der Waals surface area contributed by atoms with E-state index < -0.39 is 16.8 Å². The molecule has 7 atom stereocenters. The third-order valence-corrected chi connectivity index (χ3v) is 10.4. The Labute approximate surface area is 245 Å². The van der Waals surface area contributed by atoms with E-state index in [1.54, 1.807) is 0 Å². The number of rotatable bonds is 5. The zero-order valence-corrected chi connectivity index (χ0v) is 27.6. The molecule has 224 valence electrons. The van der Waals surface area contributed by atoms with Crippen LogP contribution in [0.4, 0.5) is 0 Å². The minimum Gasteiger partial charge on any atom is -0.381 e. The van der Waals surface area contributed by atoms with Crippen molar-refractivity contribution in [2.45, 2.75) is 113 Å². The fourth-order valence-electron chi connectivity index (χ4n) is 6.77. The van der Waals surface area contributed by atoms with Crippen molar-refractivity contribution in [2.75, 3.05) is 0 Å². The molecule has 3 aliphatic carbocycles. The Balaban J connectivity index is 2.00. The van der Waals surface area contributed by atoms with Gasteiger partial charge in [0.15, 0.2) is 0 Å². The molecule has 0 amide bonds. The average molecular weight is 551 g/mol. The predicted octanol–water partition coefficient (Wildman–Crippen LogP) is 8.36. The molecule has 0 bridgehead atoms. The maximum Gasteiger partial charge on any atom is 0.106 e. The van der Waals surface area contributed by atoms with Crippen molar-refractivity contribution in [1.82, 2.24) is 0 Å². The highest BCUT2D eigenvalue weighted by Crippen LogP contribution is 2.49. The lowest BCUT2D eigenvalue weighted by Crippen LogP contribution is -2.44. The molecular weight excluding hydrogens is 492 g/mol. The Morgan fingerprint density at radius 2 is 0.850 bits per heavy atom. The summed E-state index contributed by atoms with van der Waals surface area (Å²) in [5, 5.41) is 34.3. The largest absolute Gasteiger partial charge is 0.381 e. The Bertz CT molecular complexity index is 1080. The van der Waals surface area contributed by atoms with Crippen LogP contribution in [0.5, 0.6) is 0 Å². The van der Waals surface area contributed by atoms with Crippen LogP contribution in [0.15, 0.2) is 71.4 Å². The molecule has 0 saturated heterocycles. The molecule has 0 fully saturated rings. The Morgan fingerprint density at radius 3 is 1.10 bits per heavy atom. The van der Waals surface area contributed by atoms with Crippen molar-refractivity contribution in [3.63, 3.8) is 0 Å². The summed E-state index contributed by atoms with van der Waals surface area (Å²) >= 11 is 0. The van der Waals surface area contributed by atoms with Crippen LogP contribution >= 0.6 is 0 Å². The summed E-state index contributed by atoms with van der Waals surface area (Å²) in [6, 6.07) is 0. The fraction of sp³-hybridized carbons (Fsp3) is 0.676. The van der Waals surface area contributed by atoms with Gasteiger partial charge in [-0.25, -0.2) is 0 Å². The molecular formula is C37H58O3. The van der Waals surface area contributed by atoms with E-state index in [2.05, 4.69) is 126 Å². The van der Waals surface area contributed by atoms with Crippen LogP contribution in [0.3, 0.4) is 0 Å². The summed E-state index contributed by atoms with van der Waals surface area (Å²) in [4.78, 5) is 0. The third kappa shape index (κ3) is 6.08. The van der Waals surface area contributed by atoms with Gasteiger partial charge in [-0.1, -0.05) is 122 Å². The summed E-state index contributed by atoms with van der Waals surface area (Å²) in [5.74, 6) is 1.20. The molecule has 3 N–H and O–H groups in total. The van der Waals surface area contributed by atoms with E-state index in [1.165, 1.54) is 16.7 Å². The molecule has 3 heteroatoms. The molecule has 0 spiro atoms. The lowest BCUT2D eigenvalue weighted by atomic mass is 9.62. The number of aliphatic hydroxyl groups is 3. The van der Waals surface area contributed by atoms with Crippen LogP contribution in [0.1, 0.15) is 96.4 Å². The quantitative estimate of drug-likeness (QED) is 0.301. The van der Waals surface area contributed by atoms with Gasteiger partial charge in [0.2, 0.25) is 0 Å². The van der Waals surface area contributed by atoms with Gasteiger partial charge >= 0.3 is 0 Å². The van der Waals surface area contributed by atoms with Gasteiger partial charge in [0.1, 0.15) is 16.8 Å². The summed E-state index contributed by atoms with van der Waals surface area (Å²) < 4.78 is 0. The van der Waals surface area contributed by atoms with Crippen molar-refractivity contribution in [2.24, 2.45) is 45.8 Å². The molecule has 0 heterocycles. The molecule has 0 aromatic rings. The van der Waals surface area contributed by atoms with Gasteiger partial charge in [-0.3, -0.25) is 0 Å². The second-order valence-electron chi connectivity index (χ2n) is 16.4. The summed E-state index contributed by atoms with van der Waals surface area (Å²) in [5.41, 5.74) is -0.182. The molecule has 3 nitrogen and oxygen atoms in total. The molecule has 3 rings (SSSR count). The smallest absolute Gasteiger partial charge is 0.106 e. The first-order chi connectivity index (χ1) is 17.9. The van der Waals surface area contributed by atoms with Crippen LogP contribution in [0.2, 0.25) is 0 Å². The van der Waals surface area contributed by atoms with E-state index in [9.17, 15) is 15.3 Å². The first kappa shape index (κ1) is 32.8. The van der Waals surface area contributed by atoms with Gasteiger partial charge in [0.05, 0.1) is 0 Å². The lowest BCUT2D eigenvalue weighted by molar-refractivity contribution is 0.0245. The second-order valence-corrected chi connectivity index (χ2v) is 16.4. The van der Waals surface area contributed by atoms with E-state index in [0.717, 1.165) is 6.42 Å². The van der Waals surface area contributed by atoms with Crippen molar-refractivity contribution in [3.8, 4) is 0 Å². The van der Waals surface area contributed by atoms with Gasteiger partial charge in [0, 0.05) is 17.8 Å². The zero-order chi connectivity index (χ0) is 30.7. The first-order valence-corrected chi connectivity index (χ1v) is 15.3. The molecule has 0 aliphatic heterocycles. The van der Waals surface area contributed by atoms with Gasteiger partial charge in [-0.05, 0) is 73.5 Å². The van der Waals surface area contributed by atoms with Crippen molar-refractivity contribution >= 4 is 0 Å². The normalized spacial score (nSPS) is 36.6. The SMILES string of the molecule is CC1=CC(O)(C(C)(C)C)C=CC1C(C)CC(C1C=CC(O)(C(C)(C)C)C=C1C)C1C=CC(O)(C(C)(C)C)C=C1C. The predicted molar refractivity (Wildman–Crippen MR) is 170 cm³/mol. The molecule has 0 aromatic carbocycles. The summed E-state index contributed by atoms with van der Waals surface area (Å²) in [6.45, 7) is 27.5. The highest BCUT2D eigenvalue weighted by atomic mass is 16.3. The van der Waals surface area contributed by atoms with E-state index in [0.29, 0.717) is 5.92 Å². The fourth-order valence-corrected chi connectivity index (χ4v) is 6.77. The molecule has 3 aliphatic rings. The highest BCUT2D eigenvalue weighted by molar-refractivity contribution is 5.37. The molecule has 7 unspecified atom stereocenters. The minimum absolute atomic E-state index is 0.173. The lowest BCUT2D eigenvalue weighted by Gasteiger charge is -2.45. The third-order valence-electron chi connectivity index (χ3n) is 10.4. The van der Waals surface area contributed by atoms with E-state index >= 15 is 0 Å². The zero-order valence-electron chi connectivity index (χ0n) is 27.6. The Morgan fingerprint density at radius 1 is 0.575 bits per heavy atom. The van der Waals surface area contributed by atoms with Crippen LogP contribution < -0.4 is 0 Å². The van der Waals surface area contributed by atoms with Gasteiger partial charge in [-0.15, -0.1) is 0 Å². The maximum absolute atomic E-state index is 11.5. The second kappa shape index (κ2) is 10.5. The number of hydrogen-bond donors (Lipinski definition) is 3. The van der Waals surface area contributed by atoms with Crippen LogP contribution in [0.25, 0.3) is 0 Å². The molecule has 0 saturated carbocycles. The van der Waals surface area contributed by atoms with E-state index in [4.69, 9.17) is 0 Å². The van der Waals surface area contributed by atoms with Crippen molar-refractivity contribution in [1.29, 1.82) is 0 Å². The number of hydrogen-bond acceptors (Lipinski definition) is 3. The molecule has 0 radical (unpaired) electrons. The van der Waals surface area contributed by atoms with Gasteiger partial charge in [-0.2, -0.15) is 0 Å². The van der Waals surface area contributed by atoms with Gasteiger partial charge in [0.25, 0.3) is 0 Å². The first-order valence-electron chi connectivity index (χ1n) is 15.3. The van der Waals surface area contributed by atoms with Crippen molar-refractivity contribution in [3.05, 3.63) is 71.4 Å². The van der Waals surface area contributed by atoms with Crippen LogP contribution in [-0.2, 0) is 0 Å². The summed E-state index contributed by atoms with van der Waals surface area (Å²) in [6.07, 6.45) is 19.9. The molecule has 0 aromatic heterocycles. The Hall–Kier alpha value is -1.68. The van der Waals surface area contributed by atoms with Crippen LogP contribution in [0, 0.1) is 45.8 Å². The minimum atomic E-state index is -0.980. The maximum atomic E-state index is 11.5. The van der Waals surface area contributed by atoms with Crippen molar-refractivity contribution < 1.29 is 15.3 Å². The summed E-state index contributed by atoms with van der Waals surface area (Å²) in [7, 11) is 0. The van der Waals surface area contributed by atoms with E-state index in [-0.39, 0.29) is 39.9 Å². The Kier molecular flexibility index (Phi) is 8.66. The van der Waals surface area contributed by atoms with Crippen LogP contribution in [-0.4, -0.2) is 32.1 Å². The monoisotopic (exact) mass is 550 g/mol. The number of allylic oxidation sites excluding steroid dienone is 6.